The fourth-order valence-electron chi connectivity index (χ4n) is 1.57. The first-order chi connectivity index (χ1) is 9.60. The molecule has 21 heavy (non-hydrogen) atoms. The number of benzene rings is 1. The molecule has 0 fully saturated rings. The van der Waals surface area contributed by atoms with Crippen LogP contribution in [0.3, 0.4) is 0 Å². The average Bonchev–Trinajstić information content (AvgIpc) is 2.34. The van der Waals surface area contributed by atoms with Gasteiger partial charge in [0, 0.05) is 24.2 Å². The smallest absolute Gasteiger partial charge is 0.407 e. The van der Waals surface area contributed by atoms with E-state index in [0.29, 0.717) is 0 Å². The van der Waals surface area contributed by atoms with Crippen molar-refractivity contribution < 1.29 is 19.6 Å². The molecule has 0 saturated heterocycles. The average molecular weight is 297 g/mol. The van der Waals surface area contributed by atoms with Gasteiger partial charge in [-0.2, -0.15) is 0 Å². The number of amides is 1. The fourth-order valence-corrected chi connectivity index (χ4v) is 1.57. The molecule has 1 amide bonds. The summed E-state index contributed by atoms with van der Waals surface area (Å²) in [5.41, 5.74) is 5.18. The van der Waals surface area contributed by atoms with Crippen LogP contribution in [0.4, 0.5) is 10.5 Å². The maximum atomic E-state index is 11.5. The fraction of sp³-hybridized carbons (Fsp3) is 0.462. The number of phenols is 1. The highest BCUT2D eigenvalue weighted by molar-refractivity contribution is 5.67. The van der Waals surface area contributed by atoms with Gasteiger partial charge in [-0.15, -0.1) is 0 Å². The molecule has 0 spiro atoms. The van der Waals surface area contributed by atoms with Crippen molar-refractivity contribution in [3.8, 4) is 5.75 Å². The Morgan fingerprint density at radius 2 is 2.14 bits per heavy atom. The van der Waals surface area contributed by atoms with Gasteiger partial charge in [-0.25, -0.2) is 4.79 Å². The van der Waals surface area contributed by atoms with Crippen LogP contribution in [-0.4, -0.2) is 28.3 Å². The number of nitrogens with zero attached hydrogens (tertiary/aromatic N) is 1. The van der Waals surface area contributed by atoms with Crippen molar-refractivity contribution in [1.82, 2.24) is 5.32 Å². The molecular weight excluding hydrogens is 278 g/mol. The van der Waals surface area contributed by atoms with Gasteiger partial charge in [0.2, 0.25) is 0 Å². The molecule has 1 aromatic rings. The first-order valence-electron chi connectivity index (χ1n) is 6.30. The third kappa shape index (κ3) is 5.27. The molecule has 8 nitrogen and oxygen atoms in total. The molecule has 0 aliphatic carbocycles. The second-order valence-corrected chi connectivity index (χ2v) is 5.49. The van der Waals surface area contributed by atoms with Crippen molar-refractivity contribution in [3.05, 3.63) is 33.9 Å². The summed E-state index contributed by atoms with van der Waals surface area (Å²) in [6.07, 6.45) is -0.650. The van der Waals surface area contributed by atoms with Crippen molar-refractivity contribution in [2.75, 3.05) is 6.54 Å². The van der Waals surface area contributed by atoms with Crippen molar-refractivity contribution in [1.29, 1.82) is 0 Å². The number of phenolic OH excluding ortho intramolecular Hbond substituents is 1. The third-order valence-electron chi connectivity index (χ3n) is 2.49. The number of carbonyl (C=O) groups excluding carboxylic acids is 1. The third-order valence-corrected chi connectivity index (χ3v) is 2.49. The second-order valence-electron chi connectivity index (χ2n) is 5.49. The molecule has 0 radical (unpaired) electrons. The van der Waals surface area contributed by atoms with Crippen LogP contribution in [0, 0.1) is 10.1 Å². The molecule has 1 aromatic carbocycles. The first kappa shape index (κ1) is 16.7. The summed E-state index contributed by atoms with van der Waals surface area (Å²) in [6, 6.07) is 2.75. The first-order valence-corrected chi connectivity index (χ1v) is 6.30. The largest absolute Gasteiger partial charge is 0.508 e. The van der Waals surface area contributed by atoms with Gasteiger partial charge in [0.25, 0.3) is 5.69 Å². The molecule has 1 unspecified atom stereocenters. The highest BCUT2D eigenvalue weighted by Gasteiger charge is 2.19. The summed E-state index contributed by atoms with van der Waals surface area (Å²) in [7, 11) is 0. The molecule has 1 atom stereocenters. The van der Waals surface area contributed by atoms with Gasteiger partial charge >= 0.3 is 6.09 Å². The van der Waals surface area contributed by atoms with Crippen LogP contribution >= 0.6 is 0 Å². The molecule has 0 bridgehead atoms. The molecule has 8 heteroatoms. The van der Waals surface area contributed by atoms with Gasteiger partial charge in [-0.1, -0.05) is 0 Å². The number of nitrogens with one attached hydrogen (secondary N) is 1. The van der Waals surface area contributed by atoms with Crippen LogP contribution in [0.5, 0.6) is 5.75 Å². The number of ether oxygens (including phenoxy) is 1. The number of rotatable bonds is 4. The monoisotopic (exact) mass is 297 g/mol. The Labute approximate surface area is 122 Å². The minimum absolute atomic E-state index is 0.0242. The lowest BCUT2D eigenvalue weighted by atomic mass is 10.1. The predicted molar refractivity (Wildman–Crippen MR) is 75.9 cm³/mol. The standard InChI is InChI=1S/C13H19N3O5/c1-13(2,3)21-12(18)15-7-10(14)9-6-8(16(19)20)4-5-11(9)17/h4-6,10,17H,7,14H2,1-3H3,(H,15,18). The Hall–Kier alpha value is -2.35. The van der Waals surface area contributed by atoms with Crippen LogP contribution in [0.15, 0.2) is 18.2 Å². The summed E-state index contributed by atoms with van der Waals surface area (Å²) in [5.74, 6) is -0.168. The summed E-state index contributed by atoms with van der Waals surface area (Å²) in [5, 5.41) is 22.8. The highest BCUT2D eigenvalue weighted by atomic mass is 16.6. The summed E-state index contributed by atoms with van der Waals surface area (Å²) in [4.78, 5) is 21.6. The van der Waals surface area contributed by atoms with E-state index in [4.69, 9.17) is 10.5 Å². The van der Waals surface area contributed by atoms with Crippen LogP contribution in [0.2, 0.25) is 0 Å². The lowest BCUT2D eigenvalue weighted by Crippen LogP contribution is -2.36. The number of aromatic hydroxyl groups is 1. The quantitative estimate of drug-likeness (QED) is 0.574. The van der Waals surface area contributed by atoms with E-state index >= 15 is 0 Å². The van der Waals surface area contributed by atoms with Crippen LogP contribution in [-0.2, 0) is 4.74 Å². The van der Waals surface area contributed by atoms with Gasteiger partial charge in [0.15, 0.2) is 0 Å². The zero-order valence-electron chi connectivity index (χ0n) is 12.1. The second kappa shape index (κ2) is 6.40. The maximum Gasteiger partial charge on any atom is 0.407 e. The minimum Gasteiger partial charge on any atom is -0.508 e. The zero-order valence-corrected chi connectivity index (χ0v) is 12.1. The van der Waals surface area contributed by atoms with E-state index in [1.807, 2.05) is 0 Å². The predicted octanol–water partition coefficient (Wildman–Crippen LogP) is 1.82. The SMILES string of the molecule is CC(C)(C)OC(=O)NCC(N)c1cc([N+](=O)[O-])ccc1O. The Balaban J connectivity index is 2.72. The van der Waals surface area contributed by atoms with Crippen molar-refractivity contribution in [2.24, 2.45) is 5.73 Å². The number of nitrogens with two attached hydrogens (primary N) is 1. The molecule has 0 saturated carbocycles. The lowest BCUT2D eigenvalue weighted by molar-refractivity contribution is -0.385. The Morgan fingerprint density at radius 3 is 2.67 bits per heavy atom. The van der Waals surface area contributed by atoms with E-state index in [1.54, 1.807) is 20.8 Å². The van der Waals surface area contributed by atoms with Gasteiger partial charge in [0.1, 0.15) is 11.4 Å². The van der Waals surface area contributed by atoms with E-state index < -0.39 is 22.7 Å². The molecule has 4 N–H and O–H groups in total. The summed E-state index contributed by atoms with van der Waals surface area (Å²) < 4.78 is 5.04. The highest BCUT2D eigenvalue weighted by Crippen LogP contribution is 2.27. The molecule has 116 valence electrons. The molecule has 0 aromatic heterocycles. The van der Waals surface area contributed by atoms with E-state index in [-0.39, 0.29) is 23.5 Å². The normalized spacial score (nSPS) is 12.6. The van der Waals surface area contributed by atoms with Crippen molar-refractivity contribution in [2.45, 2.75) is 32.4 Å². The maximum absolute atomic E-state index is 11.5. The van der Waals surface area contributed by atoms with E-state index in [1.165, 1.54) is 18.2 Å². The molecule has 1 rings (SSSR count). The van der Waals surface area contributed by atoms with Gasteiger partial charge in [0.05, 0.1) is 11.0 Å². The van der Waals surface area contributed by atoms with E-state index in [0.717, 1.165) is 0 Å². The zero-order chi connectivity index (χ0) is 16.2. The number of hydrogen-bond donors (Lipinski definition) is 3. The number of alkyl carbamates (subject to hydrolysis) is 1. The number of nitro benzene ring substituents is 1. The van der Waals surface area contributed by atoms with Crippen LogP contribution < -0.4 is 11.1 Å². The summed E-state index contributed by atoms with van der Waals surface area (Å²) in [6.45, 7) is 5.14. The van der Waals surface area contributed by atoms with Crippen molar-refractivity contribution >= 4 is 11.8 Å². The topological polar surface area (TPSA) is 128 Å². The van der Waals surface area contributed by atoms with Crippen LogP contribution in [0.1, 0.15) is 32.4 Å². The van der Waals surface area contributed by atoms with Gasteiger partial charge < -0.3 is 20.9 Å². The molecule has 0 aliphatic heterocycles. The van der Waals surface area contributed by atoms with Crippen LogP contribution in [0.25, 0.3) is 0 Å². The van der Waals surface area contributed by atoms with Gasteiger partial charge in [-0.05, 0) is 26.8 Å². The summed E-state index contributed by atoms with van der Waals surface area (Å²) >= 11 is 0. The Morgan fingerprint density at radius 1 is 1.52 bits per heavy atom. The number of carbonyl (C=O) groups is 1. The Kier molecular flexibility index (Phi) is 5.09. The lowest BCUT2D eigenvalue weighted by Gasteiger charge is -2.21. The van der Waals surface area contributed by atoms with Crippen molar-refractivity contribution in [3.63, 3.8) is 0 Å². The number of nitro groups is 1. The minimum atomic E-state index is -0.794. The molecule has 0 heterocycles. The van der Waals surface area contributed by atoms with Gasteiger partial charge in [-0.3, -0.25) is 10.1 Å². The number of non-ortho nitro benzene ring substituents is 1. The molecule has 0 aliphatic rings. The Bertz CT molecular complexity index is 539. The van der Waals surface area contributed by atoms with E-state index in [2.05, 4.69) is 5.32 Å². The molecular formula is C13H19N3O5. The van der Waals surface area contributed by atoms with E-state index in [9.17, 15) is 20.0 Å². The number of hydrogen-bond acceptors (Lipinski definition) is 6.